The maximum Gasteiger partial charge on any atom is 0.108 e. The maximum absolute atomic E-state index is 5.94. The van der Waals surface area contributed by atoms with Crippen LogP contribution in [0.4, 0.5) is 0 Å². The predicted octanol–water partition coefficient (Wildman–Crippen LogP) is 3.11. The van der Waals surface area contributed by atoms with Crippen LogP contribution in [0.2, 0.25) is 5.02 Å². The largest absolute Gasteiger partial charge is 0.266 e. The van der Waals surface area contributed by atoms with Gasteiger partial charge in [0.15, 0.2) is 0 Å². The summed E-state index contributed by atoms with van der Waals surface area (Å²) in [4.78, 5) is 0. The van der Waals surface area contributed by atoms with Gasteiger partial charge in [-0.25, -0.2) is 0 Å². The molecule has 2 nitrogen and oxygen atoms in total. The van der Waals surface area contributed by atoms with Gasteiger partial charge in [-0.05, 0) is 13.8 Å². The molecule has 0 fully saturated rings. The molecule has 12 heavy (non-hydrogen) atoms. The van der Waals surface area contributed by atoms with Crippen LogP contribution in [0.3, 0.4) is 0 Å². The van der Waals surface area contributed by atoms with E-state index in [-0.39, 0.29) is 4.29 Å². The molecule has 0 spiro atoms. The Bertz CT molecular complexity index is 283. The lowest BCUT2D eigenvalue weighted by Crippen LogP contribution is -2.07. The molecule has 0 amide bonds. The summed E-state index contributed by atoms with van der Waals surface area (Å²) in [6.07, 6.45) is 0. The third kappa shape index (κ3) is 2.15. The van der Waals surface area contributed by atoms with Gasteiger partial charge in [-0.15, -0.1) is 11.6 Å². The number of nitrogens with zero attached hydrogens (tertiary/aromatic N) is 2. The van der Waals surface area contributed by atoms with Gasteiger partial charge in [-0.3, -0.25) is 4.68 Å². The second kappa shape index (κ2) is 3.99. The Hall–Kier alpha value is 0.270. The van der Waals surface area contributed by atoms with E-state index in [2.05, 4.69) is 21.0 Å². The fourth-order valence-electron chi connectivity index (χ4n) is 0.984. The molecule has 0 aromatic carbocycles. The molecular formula is C7H9BrCl2N2. The molecule has 0 saturated carbocycles. The minimum Gasteiger partial charge on any atom is -0.266 e. The number of aromatic nitrogens is 2. The van der Waals surface area contributed by atoms with Crippen molar-refractivity contribution in [3.05, 3.63) is 16.4 Å². The van der Waals surface area contributed by atoms with Crippen LogP contribution in [0.5, 0.6) is 0 Å². The zero-order valence-corrected chi connectivity index (χ0v) is 9.91. The van der Waals surface area contributed by atoms with E-state index < -0.39 is 0 Å². The van der Waals surface area contributed by atoms with Gasteiger partial charge in [-0.1, -0.05) is 27.5 Å². The van der Waals surface area contributed by atoms with E-state index in [4.69, 9.17) is 23.2 Å². The van der Waals surface area contributed by atoms with E-state index in [1.807, 2.05) is 13.8 Å². The van der Waals surface area contributed by atoms with E-state index in [1.165, 1.54) is 0 Å². The number of rotatable bonds is 2. The van der Waals surface area contributed by atoms with E-state index in [0.29, 0.717) is 6.54 Å². The molecule has 1 unspecified atom stereocenters. The van der Waals surface area contributed by atoms with E-state index in [0.717, 1.165) is 16.4 Å². The van der Waals surface area contributed by atoms with Gasteiger partial charge in [-0.2, -0.15) is 5.10 Å². The predicted molar refractivity (Wildman–Crippen MR) is 55.3 cm³/mol. The Morgan fingerprint density at radius 3 is 2.50 bits per heavy atom. The fraction of sp³-hybridized carbons (Fsp3) is 0.571. The van der Waals surface area contributed by atoms with Crippen molar-refractivity contribution in [3.8, 4) is 0 Å². The van der Waals surface area contributed by atoms with Gasteiger partial charge in [0.1, 0.15) is 4.29 Å². The van der Waals surface area contributed by atoms with Crippen molar-refractivity contribution in [2.24, 2.45) is 0 Å². The van der Waals surface area contributed by atoms with Crippen LogP contribution < -0.4 is 0 Å². The first-order valence-electron chi connectivity index (χ1n) is 3.50. The molecular weight excluding hydrogens is 263 g/mol. The normalized spacial score (nSPS) is 13.4. The van der Waals surface area contributed by atoms with Crippen LogP contribution in [0.15, 0.2) is 0 Å². The second-order valence-corrected chi connectivity index (χ2v) is 5.10. The summed E-state index contributed by atoms with van der Waals surface area (Å²) >= 11 is 14.9. The zero-order valence-electron chi connectivity index (χ0n) is 6.81. The fourth-order valence-corrected chi connectivity index (χ4v) is 1.52. The monoisotopic (exact) mass is 270 g/mol. The Morgan fingerprint density at radius 1 is 1.58 bits per heavy atom. The Labute approximate surface area is 90.0 Å². The molecule has 1 rings (SSSR count). The molecule has 0 aliphatic carbocycles. The number of alkyl halides is 2. The lowest BCUT2D eigenvalue weighted by molar-refractivity contribution is 0.628. The molecule has 0 bridgehead atoms. The number of halogens is 3. The summed E-state index contributed by atoms with van der Waals surface area (Å²) in [7, 11) is 0. The van der Waals surface area contributed by atoms with Gasteiger partial charge in [0.2, 0.25) is 0 Å². The first-order valence-corrected chi connectivity index (χ1v) is 5.23. The molecule has 0 N–H and O–H groups in total. The molecule has 1 aromatic rings. The highest BCUT2D eigenvalue weighted by molar-refractivity contribution is 9.10. The Kier molecular flexibility index (Phi) is 3.44. The highest BCUT2D eigenvalue weighted by Gasteiger charge is 2.10. The van der Waals surface area contributed by atoms with Crippen molar-refractivity contribution in [3.63, 3.8) is 0 Å². The average molecular weight is 272 g/mol. The molecule has 0 radical (unpaired) electrons. The molecule has 1 atom stereocenters. The summed E-state index contributed by atoms with van der Waals surface area (Å²) in [5, 5.41) is 4.94. The van der Waals surface area contributed by atoms with Crippen LogP contribution >= 0.6 is 39.1 Å². The SMILES string of the molecule is Cc1nn(CC(Cl)Br)c(C)c1Cl. The molecule has 5 heteroatoms. The molecule has 0 saturated heterocycles. The smallest absolute Gasteiger partial charge is 0.108 e. The van der Waals surface area contributed by atoms with Crippen LogP contribution in [0.25, 0.3) is 0 Å². The van der Waals surface area contributed by atoms with Gasteiger partial charge >= 0.3 is 0 Å². The number of hydrogen-bond acceptors (Lipinski definition) is 1. The number of aryl methyl sites for hydroxylation is 1. The minimum absolute atomic E-state index is 0.105. The minimum atomic E-state index is -0.105. The van der Waals surface area contributed by atoms with E-state index in [9.17, 15) is 0 Å². The van der Waals surface area contributed by atoms with Crippen molar-refractivity contribution in [2.75, 3.05) is 0 Å². The molecule has 0 aliphatic heterocycles. The lowest BCUT2D eigenvalue weighted by Gasteiger charge is -2.03. The summed E-state index contributed by atoms with van der Waals surface area (Å²) in [6, 6.07) is 0. The third-order valence-electron chi connectivity index (χ3n) is 1.60. The molecule has 0 aliphatic rings. The van der Waals surface area contributed by atoms with Crippen LogP contribution in [0, 0.1) is 13.8 Å². The topological polar surface area (TPSA) is 17.8 Å². The molecule has 1 aromatic heterocycles. The van der Waals surface area contributed by atoms with E-state index in [1.54, 1.807) is 4.68 Å². The quantitative estimate of drug-likeness (QED) is 0.756. The van der Waals surface area contributed by atoms with Gasteiger partial charge < -0.3 is 0 Å². The summed E-state index contributed by atoms with van der Waals surface area (Å²) < 4.78 is 1.69. The number of hydrogen-bond donors (Lipinski definition) is 0. The highest BCUT2D eigenvalue weighted by atomic mass is 79.9. The average Bonchev–Trinajstić information content (AvgIpc) is 2.17. The van der Waals surface area contributed by atoms with Crippen molar-refractivity contribution >= 4 is 39.1 Å². The van der Waals surface area contributed by atoms with Crippen LogP contribution in [-0.4, -0.2) is 14.1 Å². The van der Waals surface area contributed by atoms with Crippen molar-refractivity contribution in [1.82, 2.24) is 9.78 Å². The Balaban J connectivity index is 2.93. The summed E-state index contributed by atoms with van der Waals surface area (Å²) in [6.45, 7) is 4.43. The Morgan fingerprint density at radius 2 is 2.17 bits per heavy atom. The first kappa shape index (κ1) is 10.4. The summed E-state index contributed by atoms with van der Waals surface area (Å²) in [5.41, 5.74) is 1.80. The van der Waals surface area contributed by atoms with Gasteiger partial charge in [0.05, 0.1) is 23.0 Å². The van der Waals surface area contributed by atoms with Gasteiger partial charge in [0.25, 0.3) is 0 Å². The summed E-state index contributed by atoms with van der Waals surface area (Å²) in [5.74, 6) is 0. The van der Waals surface area contributed by atoms with Crippen molar-refractivity contribution < 1.29 is 0 Å². The second-order valence-electron chi connectivity index (χ2n) is 2.56. The van der Waals surface area contributed by atoms with Crippen molar-refractivity contribution in [2.45, 2.75) is 24.7 Å². The highest BCUT2D eigenvalue weighted by Crippen LogP contribution is 2.20. The van der Waals surface area contributed by atoms with Crippen LogP contribution in [0.1, 0.15) is 11.4 Å². The standard InChI is InChI=1S/C7H9BrCl2N2/c1-4-7(10)5(2)12(11-4)3-6(8)9/h6H,3H2,1-2H3. The lowest BCUT2D eigenvalue weighted by atomic mass is 10.4. The van der Waals surface area contributed by atoms with Crippen molar-refractivity contribution in [1.29, 1.82) is 0 Å². The molecule has 68 valence electrons. The third-order valence-corrected chi connectivity index (χ3v) is 2.58. The zero-order chi connectivity index (χ0) is 9.30. The van der Waals surface area contributed by atoms with Gasteiger partial charge in [0, 0.05) is 0 Å². The maximum atomic E-state index is 5.94. The first-order chi connectivity index (χ1) is 5.52. The molecule has 1 heterocycles. The van der Waals surface area contributed by atoms with E-state index >= 15 is 0 Å². The van der Waals surface area contributed by atoms with Crippen LogP contribution in [-0.2, 0) is 6.54 Å².